The molecule has 0 unspecified atom stereocenters. The van der Waals surface area contributed by atoms with Crippen LogP contribution in [0.25, 0.3) is 5.57 Å². The predicted molar refractivity (Wildman–Crippen MR) is 117 cm³/mol. The molecule has 1 amide bonds. The first kappa shape index (κ1) is 21.7. The maximum atomic E-state index is 12.7. The standard InChI is InChI=1S/C21H24N6OS/c1-3-6-19(25-13-15-7-4-8-16(11-15)20(23)27-24)26-21(28)17(12-22)14(2)18-9-5-10-29-18/h4-11,25H,3,13,24H2,1-2H3,(H2,23,27)(H,26,28)/b17-14+,19-6+. The molecule has 0 aliphatic rings. The van der Waals surface area contributed by atoms with Crippen molar-refractivity contribution >= 4 is 28.7 Å². The van der Waals surface area contributed by atoms with Crippen molar-refractivity contribution in [3.63, 3.8) is 0 Å². The first-order valence-electron chi connectivity index (χ1n) is 9.03. The second kappa shape index (κ2) is 10.7. The van der Waals surface area contributed by atoms with Gasteiger partial charge in [0.15, 0.2) is 0 Å². The Morgan fingerprint density at radius 3 is 2.76 bits per heavy atom. The minimum atomic E-state index is -0.445. The van der Waals surface area contributed by atoms with Crippen LogP contribution in [0.4, 0.5) is 0 Å². The Balaban J connectivity index is 2.13. The van der Waals surface area contributed by atoms with Crippen LogP contribution in [0.3, 0.4) is 0 Å². The van der Waals surface area contributed by atoms with Crippen molar-refractivity contribution in [2.24, 2.45) is 16.7 Å². The number of nitrogens with zero attached hydrogens (tertiary/aromatic N) is 2. The van der Waals surface area contributed by atoms with Crippen molar-refractivity contribution in [3.05, 3.63) is 75.3 Å². The minimum absolute atomic E-state index is 0.0881. The van der Waals surface area contributed by atoms with Crippen LogP contribution in [0, 0.1) is 11.3 Å². The van der Waals surface area contributed by atoms with Crippen molar-refractivity contribution in [1.29, 1.82) is 5.26 Å². The van der Waals surface area contributed by atoms with Gasteiger partial charge in [-0.15, -0.1) is 11.3 Å². The van der Waals surface area contributed by atoms with Crippen LogP contribution in [0.5, 0.6) is 0 Å². The number of nitrogens with one attached hydrogen (secondary N) is 2. The van der Waals surface area contributed by atoms with Crippen LogP contribution in [-0.4, -0.2) is 11.7 Å². The quantitative estimate of drug-likeness (QED) is 0.133. The van der Waals surface area contributed by atoms with Crippen LogP contribution >= 0.6 is 11.3 Å². The summed E-state index contributed by atoms with van der Waals surface area (Å²) < 4.78 is 0. The molecule has 29 heavy (non-hydrogen) atoms. The number of amidine groups is 1. The van der Waals surface area contributed by atoms with E-state index in [4.69, 9.17) is 11.6 Å². The molecular formula is C21H24N6OS. The Labute approximate surface area is 174 Å². The van der Waals surface area contributed by atoms with Gasteiger partial charge in [-0.2, -0.15) is 10.4 Å². The number of nitrogens with two attached hydrogens (primary N) is 2. The summed E-state index contributed by atoms with van der Waals surface area (Å²) in [5.41, 5.74) is 8.15. The van der Waals surface area contributed by atoms with E-state index in [1.807, 2.05) is 60.8 Å². The normalized spacial score (nSPS) is 12.7. The Hall–Kier alpha value is -3.57. The van der Waals surface area contributed by atoms with E-state index in [1.165, 1.54) is 11.3 Å². The molecule has 0 saturated heterocycles. The lowest BCUT2D eigenvalue weighted by Gasteiger charge is -2.14. The lowest BCUT2D eigenvalue weighted by Crippen LogP contribution is -2.32. The van der Waals surface area contributed by atoms with E-state index in [0.717, 1.165) is 16.0 Å². The zero-order valence-electron chi connectivity index (χ0n) is 16.4. The molecule has 150 valence electrons. The monoisotopic (exact) mass is 408 g/mol. The van der Waals surface area contributed by atoms with Gasteiger partial charge in [-0.05, 0) is 48.1 Å². The third kappa shape index (κ3) is 5.96. The number of benzene rings is 1. The summed E-state index contributed by atoms with van der Waals surface area (Å²) in [6, 6.07) is 13.2. The molecule has 0 saturated carbocycles. The molecule has 2 aromatic rings. The Morgan fingerprint density at radius 1 is 1.34 bits per heavy atom. The molecule has 0 radical (unpaired) electrons. The van der Waals surface area contributed by atoms with Crippen LogP contribution < -0.4 is 22.2 Å². The molecular weight excluding hydrogens is 384 g/mol. The predicted octanol–water partition coefficient (Wildman–Crippen LogP) is 2.78. The second-order valence-electron chi connectivity index (χ2n) is 6.14. The number of amides is 1. The van der Waals surface area contributed by atoms with Gasteiger partial charge in [0, 0.05) is 17.0 Å². The number of hydrazone groups is 1. The van der Waals surface area contributed by atoms with Gasteiger partial charge in [0.2, 0.25) is 0 Å². The van der Waals surface area contributed by atoms with Gasteiger partial charge >= 0.3 is 0 Å². The SMILES string of the molecule is CC/C=C(\NCc1cccc(/C(N)=N/N)c1)NC(=O)/C(C#N)=C(\C)c1cccs1. The maximum Gasteiger partial charge on any atom is 0.267 e. The Kier molecular flexibility index (Phi) is 8.00. The summed E-state index contributed by atoms with van der Waals surface area (Å²) in [5, 5.41) is 20.9. The zero-order valence-corrected chi connectivity index (χ0v) is 17.2. The lowest BCUT2D eigenvalue weighted by molar-refractivity contribution is -0.116. The van der Waals surface area contributed by atoms with Gasteiger partial charge < -0.3 is 22.2 Å². The highest BCUT2D eigenvalue weighted by Crippen LogP contribution is 2.23. The molecule has 7 nitrogen and oxygen atoms in total. The Bertz CT molecular complexity index is 983. The van der Waals surface area contributed by atoms with Crippen molar-refractivity contribution in [1.82, 2.24) is 10.6 Å². The molecule has 1 heterocycles. The summed E-state index contributed by atoms with van der Waals surface area (Å²) in [4.78, 5) is 13.6. The molecule has 1 aromatic heterocycles. The fraction of sp³-hybridized carbons (Fsp3) is 0.190. The van der Waals surface area contributed by atoms with E-state index in [2.05, 4.69) is 15.7 Å². The van der Waals surface area contributed by atoms with E-state index in [9.17, 15) is 10.1 Å². The molecule has 0 atom stereocenters. The first-order valence-corrected chi connectivity index (χ1v) is 9.91. The van der Waals surface area contributed by atoms with E-state index >= 15 is 0 Å². The van der Waals surface area contributed by atoms with Gasteiger partial charge in [0.05, 0.1) is 0 Å². The third-order valence-electron chi connectivity index (χ3n) is 4.11. The van der Waals surface area contributed by atoms with E-state index in [-0.39, 0.29) is 11.4 Å². The van der Waals surface area contributed by atoms with E-state index < -0.39 is 5.91 Å². The summed E-state index contributed by atoms with van der Waals surface area (Å²) >= 11 is 1.49. The second-order valence-corrected chi connectivity index (χ2v) is 7.09. The molecule has 6 N–H and O–H groups in total. The Morgan fingerprint density at radius 2 is 2.14 bits per heavy atom. The fourth-order valence-electron chi connectivity index (χ4n) is 2.59. The van der Waals surface area contributed by atoms with Crippen LogP contribution in [-0.2, 0) is 11.3 Å². The summed E-state index contributed by atoms with van der Waals surface area (Å²) in [6.45, 7) is 4.19. The number of thiophene rings is 1. The molecule has 0 aliphatic carbocycles. The molecule has 0 spiro atoms. The number of allylic oxidation sites excluding steroid dienone is 2. The van der Waals surface area contributed by atoms with Crippen molar-refractivity contribution in [3.8, 4) is 6.07 Å². The number of hydrogen-bond donors (Lipinski definition) is 4. The molecule has 8 heteroatoms. The van der Waals surface area contributed by atoms with Gasteiger partial charge in [-0.1, -0.05) is 31.2 Å². The summed E-state index contributed by atoms with van der Waals surface area (Å²) in [5.74, 6) is 5.57. The van der Waals surface area contributed by atoms with Gasteiger partial charge in [0.25, 0.3) is 5.91 Å². The summed E-state index contributed by atoms with van der Waals surface area (Å²) in [7, 11) is 0. The van der Waals surface area contributed by atoms with Crippen molar-refractivity contribution in [2.75, 3.05) is 0 Å². The van der Waals surface area contributed by atoms with Gasteiger partial charge in [-0.3, -0.25) is 4.79 Å². The number of hydrogen-bond acceptors (Lipinski definition) is 6. The highest BCUT2D eigenvalue weighted by molar-refractivity contribution is 7.11. The van der Waals surface area contributed by atoms with E-state index in [0.29, 0.717) is 24.4 Å². The number of carbonyl (C=O) groups is 1. The number of carbonyl (C=O) groups excluding carboxylic acids is 1. The van der Waals surface area contributed by atoms with Gasteiger partial charge in [-0.25, -0.2) is 0 Å². The van der Waals surface area contributed by atoms with Crippen LogP contribution in [0.2, 0.25) is 0 Å². The molecule has 0 aliphatic heterocycles. The zero-order chi connectivity index (χ0) is 21.2. The minimum Gasteiger partial charge on any atom is -0.382 e. The number of rotatable bonds is 8. The number of nitriles is 1. The average molecular weight is 409 g/mol. The maximum absolute atomic E-state index is 12.7. The highest BCUT2D eigenvalue weighted by atomic mass is 32.1. The topological polar surface area (TPSA) is 129 Å². The lowest BCUT2D eigenvalue weighted by atomic mass is 10.1. The van der Waals surface area contributed by atoms with Crippen molar-refractivity contribution in [2.45, 2.75) is 26.8 Å². The van der Waals surface area contributed by atoms with Gasteiger partial charge in [0.1, 0.15) is 23.3 Å². The molecule has 2 rings (SSSR count). The van der Waals surface area contributed by atoms with E-state index in [1.54, 1.807) is 6.92 Å². The smallest absolute Gasteiger partial charge is 0.267 e. The molecule has 0 bridgehead atoms. The largest absolute Gasteiger partial charge is 0.382 e. The van der Waals surface area contributed by atoms with Crippen molar-refractivity contribution < 1.29 is 4.79 Å². The van der Waals surface area contributed by atoms with Crippen LogP contribution in [0.1, 0.15) is 36.3 Å². The first-order chi connectivity index (χ1) is 14.0. The van der Waals surface area contributed by atoms with Crippen LogP contribution in [0.15, 0.2) is 64.3 Å². The highest BCUT2D eigenvalue weighted by Gasteiger charge is 2.15. The summed E-state index contributed by atoms with van der Waals surface area (Å²) in [6.07, 6.45) is 2.57. The fourth-order valence-corrected chi connectivity index (χ4v) is 3.33. The average Bonchev–Trinajstić information content (AvgIpc) is 3.27. The third-order valence-corrected chi connectivity index (χ3v) is 5.10. The molecule has 1 aromatic carbocycles. The molecule has 0 fully saturated rings.